The molecule has 0 aliphatic rings. The van der Waals surface area contributed by atoms with Crippen LogP contribution >= 0.6 is 0 Å². The first-order valence-electron chi connectivity index (χ1n) is 7.01. The van der Waals surface area contributed by atoms with Crippen LogP contribution in [-0.4, -0.2) is 36.5 Å². The quantitative estimate of drug-likeness (QED) is 0.522. The van der Waals surface area contributed by atoms with Gasteiger partial charge in [-0.25, -0.2) is 0 Å². The normalized spacial score (nSPS) is 10.3. The molecule has 0 aliphatic heterocycles. The standard InChI is InChI=1S/C15H23N3O3/c1-2-7-21-8-6-15(20)18(11-14(17)19)10-12-4-3-5-13(16)9-12/h3-5,9H,2,6-8,10-11,16H2,1H3,(H2,17,19). The van der Waals surface area contributed by atoms with Crippen molar-refractivity contribution in [2.75, 3.05) is 25.5 Å². The van der Waals surface area contributed by atoms with Gasteiger partial charge in [0.05, 0.1) is 19.6 Å². The summed E-state index contributed by atoms with van der Waals surface area (Å²) in [5.74, 6) is -0.700. The first-order valence-corrected chi connectivity index (χ1v) is 7.01. The molecule has 1 aromatic carbocycles. The number of amides is 2. The van der Waals surface area contributed by atoms with Gasteiger partial charge in [-0.1, -0.05) is 19.1 Å². The maximum Gasteiger partial charge on any atom is 0.237 e. The van der Waals surface area contributed by atoms with E-state index in [-0.39, 0.29) is 18.9 Å². The van der Waals surface area contributed by atoms with Crippen LogP contribution in [0.4, 0.5) is 5.69 Å². The number of nitrogens with zero attached hydrogens (tertiary/aromatic N) is 1. The van der Waals surface area contributed by atoms with Crippen molar-refractivity contribution in [1.82, 2.24) is 4.90 Å². The fourth-order valence-electron chi connectivity index (χ4n) is 1.90. The lowest BCUT2D eigenvalue weighted by Crippen LogP contribution is -2.38. The third-order valence-corrected chi connectivity index (χ3v) is 2.83. The average molecular weight is 293 g/mol. The molecule has 0 bridgehead atoms. The summed E-state index contributed by atoms with van der Waals surface area (Å²) in [6, 6.07) is 7.20. The van der Waals surface area contributed by atoms with Crippen LogP contribution in [0, 0.1) is 0 Å². The van der Waals surface area contributed by atoms with E-state index in [2.05, 4.69) is 0 Å². The molecule has 0 spiro atoms. The number of carbonyl (C=O) groups excluding carboxylic acids is 2. The number of nitrogens with two attached hydrogens (primary N) is 2. The Hall–Kier alpha value is -2.08. The summed E-state index contributed by atoms with van der Waals surface area (Å²) in [4.78, 5) is 24.7. The summed E-state index contributed by atoms with van der Waals surface area (Å²) >= 11 is 0. The lowest BCUT2D eigenvalue weighted by molar-refractivity contribution is -0.136. The van der Waals surface area contributed by atoms with Crippen molar-refractivity contribution < 1.29 is 14.3 Å². The molecule has 0 saturated carbocycles. The summed E-state index contributed by atoms with van der Waals surface area (Å²) in [6.45, 7) is 3.17. The summed E-state index contributed by atoms with van der Waals surface area (Å²) in [5.41, 5.74) is 12.4. The smallest absolute Gasteiger partial charge is 0.237 e. The Kier molecular flexibility index (Phi) is 7.25. The second-order valence-electron chi connectivity index (χ2n) is 4.82. The zero-order valence-electron chi connectivity index (χ0n) is 12.4. The highest BCUT2D eigenvalue weighted by molar-refractivity contribution is 5.83. The topological polar surface area (TPSA) is 98.6 Å². The number of nitrogen functional groups attached to an aromatic ring is 1. The molecule has 4 N–H and O–H groups in total. The summed E-state index contributed by atoms with van der Waals surface area (Å²) < 4.78 is 5.29. The second kappa shape index (κ2) is 8.97. The molecule has 116 valence electrons. The molecule has 0 aromatic heterocycles. The van der Waals surface area contributed by atoms with Gasteiger partial charge in [-0.2, -0.15) is 0 Å². The van der Waals surface area contributed by atoms with Gasteiger partial charge in [0.1, 0.15) is 0 Å². The maximum atomic E-state index is 12.1. The van der Waals surface area contributed by atoms with Gasteiger partial charge >= 0.3 is 0 Å². The zero-order valence-corrected chi connectivity index (χ0v) is 12.4. The molecule has 6 heteroatoms. The molecule has 0 heterocycles. The van der Waals surface area contributed by atoms with Gasteiger partial charge < -0.3 is 21.1 Å². The van der Waals surface area contributed by atoms with Crippen LogP contribution in [0.15, 0.2) is 24.3 Å². The predicted octanol–water partition coefficient (Wildman–Crippen LogP) is 0.899. The molecule has 0 aliphatic carbocycles. The third kappa shape index (κ3) is 6.76. The number of rotatable bonds is 9. The maximum absolute atomic E-state index is 12.1. The Morgan fingerprint density at radius 1 is 1.29 bits per heavy atom. The van der Waals surface area contributed by atoms with Crippen LogP contribution in [-0.2, 0) is 20.9 Å². The lowest BCUT2D eigenvalue weighted by atomic mass is 10.2. The van der Waals surface area contributed by atoms with Crippen LogP contribution in [0.1, 0.15) is 25.3 Å². The molecule has 2 amide bonds. The molecule has 0 saturated heterocycles. The van der Waals surface area contributed by atoms with Gasteiger partial charge in [0, 0.05) is 18.8 Å². The van der Waals surface area contributed by atoms with Crippen molar-refractivity contribution in [3.8, 4) is 0 Å². The molecule has 0 fully saturated rings. The van der Waals surface area contributed by atoms with Crippen molar-refractivity contribution in [1.29, 1.82) is 0 Å². The number of anilines is 1. The molecular formula is C15H23N3O3. The number of hydrogen-bond donors (Lipinski definition) is 2. The average Bonchev–Trinajstić information content (AvgIpc) is 2.42. The van der Waals surface area contributed by atoms with Gasteiger partial charge in [-0.3, -0.25) is 9.59 Å². The van der Waals surface area contributed by atoms with Gasteiger partial charge in [0.25, 0.3) is 0 Å². The Balaban J connectivity index is 2.62. The van der Waals surface area contributed by atoms with Crippen LogP contribution < -0.4 is 11.5 Å². The predicted molar refractivity (Wildman–Crippen MR) is 81.2 cm³/mol. The molecule has 0 unspecified atom stereocenters. The molecule has 1 rings (SSSR count). The van der Waals surface area contributed by atoms with Gasteiger partial charge in [0.2, 0.25) is 11.8 Å². The van der Waals surface area contributed by atoms with E-state index in [0.717, 1.165) is 12.0 Å². The van der Waals surface area contributed by atoms with Crippen LogP contribution in [0.2, 0.25) is 0 Å². The highest BCUT2D eigenvalue weighted by Gasteiger charge is 2.16. The number of carbonyl (C=O) groups is 2. The van der Waals surface area contributed by atoms with Crippen molar-refractivity contribution >= 4 is 17.5 Å². The lowest BCUT2D eigenvalue weighted by Gasteiger charge is -2.21. The molecule has 6 nitrogen and oxygen atoms in total. The Morgan fingerprint density at radius 3 is 2.67 bits per heavy atom. The minimum Gasteiger partial charge on any atom is -0.399 e. The van der Waals surface area contributed by atoms with E-state index in [1.54, 1.807) is 12.1 Å². The SMILES string of the molecule is CCCOCCC(=O)N(CC(N)=O)Cc1cccc(N)c1. The van der Waals surface area contributed by atoms with Crippen molar-refractivity contribution in [3.05, 3.63) is 29.8 Å². The molecule has 0 atom stereocenters. The highest BCUT2D eigenvalue weighted by atomic mass is 16.5. The Morgan fingerprint density at radius 2 is 2.05 bits per heavy atom. The minimum absolute atomic E-state index is 0.110. The number of benzene rings is 1. The fourth-order valence-corrected chi connectivity index (χ4v) is 1.90. The summed E-state index contributed by atoms with van der Waals surface area (Å²) in [7, 11) is 0. The van der Waals surface area contributed by atoms with Gasteiger partial charge in [-0.05, 0) is 24.1 Å². The fraction of sp³-hybridized carbons (Fsp3) is 0.467. The summed E-state index contributed by atoms with van der Waals surface area (Å²) in [5, 5.41) is 0. The van der Waals surface area contributed by atoms with Gasteiger partial charge in [0.15, 0.2) is 0 Å². The van der Waals surface area contributed by atoms with Gasteiger partial charge in [-0.15, -0.1) is 0 Å². The largest absolute Gasteiger partial charge is 0.399 e. The second-order valence-corrected chi connectivity index (χ2v) is 4.82. The minimum atomic E-state index is -0.540. The Bertz CT molecular complexity index is 477. The van der Waals surface area contributed by atoms with E-state index in [1.807, 2.05) is 19.1 Å². The van der Waals surface area contributed by atoms with Crippen molar-refractivity contribution in [3.63, 3.8) is 0 Å². The van der Waals surface area contributed by atoms with E-state index in [9.17, 15) is 9.59 Å². The van der Waals surface area contributed by atoms with E-state index in [1.165, 1.54) is 4.90 Å². The van der Waals surface area contributed by atoms with Crippen LogP contribution in [0.3, 0.4) is 0 Å². The number of ether oxygens (including phenoxy) is 1. The van der Waals surface area contributed by atoms with E-state index >= 15 is 0 Å². The van der Waals surface area contributed by atoms with Crippen LogP contribution in [0.25, 0.3) is 0 Å². The molecule has 21 heavy (non-hydrogen) atoms. The van der Waals surface area contributed by atoms with E-state index < -0.39 is 5.91 Å². The first kappa shape index (κ1) is 17.0. The first-order chi connectivity index (χ1) is 10.0. The van der Waals surface area contributed by atoms with E-state index in [4.69, 9.17) is 16.2 Å². The highest BCUT2D eigenvalue weighted by Crippen LogP contribution is 2.10. The van der Waals surface area contributed by atoms with Crippen molar-refractivity contribution in [2.24, 2.45) is 5.73 Å². The van der Waals surface area contributed by atoms with Crippen LogP contribution in [0.5, 0.6) is 0 Å². The molecule has 1 aromatic rings. The molecule has 0 radical (unpaired) electrons. The third-order valence-electron chi connectivity index (χ3n) is 2.83. The number of primary amides is 1. The number of hydrogen-bond acceptors (Lipinski definition) is 4. The monoisotopic (exact) mass is 293 g/mol. The van der Waals surface area contributed by atoms with E-state index in [0.29, 0.717) is 25.4 Å². The van der Waals surface area contributed by atoms with Crippen molar-refractivity contribution in [2.45, 2.75) is 26.3 Å². The molecular weight excluding hydrogens is 270 g/mol. The summed E-state index contributed by atoms with van der Waals surface area (Å²) in [6.07, 6.45) is 1.14. The Labute approximate surface area is 125 Å². The zero-order chi connectivity index (χ0) is 15.7.